The molecule has 1 aromatic heterocycles. The Kier molecular flexibility index (Phi) is 3.13. The minimum atomic E-state index is -1.69. The summed E-state index contributed by atoms with van der Waals surface area (Å²) in [6.07, 6.45) is -1.11. The molecular formula is C11H17N3O5. The van der Waals surface area contributed by atoms with Crippen LogP contribution < -0.4 is 11.4 Å². The van der Waals surface area contributed by atoms with Crippen LogP contribution in [-0.4, -0.2) is 49.3 Å². The molecule has 1 aliphatic heterocycles. The van der Waals surface area contributed by atoms with Gasteiger partial charge in [-0.25, -0.2) is 4.79 Å². The minimum Gasteiger partial charge on any atom is -0.394 e. The summed E-state index contributed by atoms with van der Waals surface area (Å²) in [7, 11) is 0. The maximum atomic E-state index is 11.8. The zero-order chi connectivity index (χ0) is 14.4. The van der Waals surface area contributed by atoms with Gasteiger partial charge in [0, 0.05) is 6.20 Å². The number of nitrogens with zero attached hydrogens (tertiary/aromatic N) is 2. The maximum Gasteiger partial charge on any atom is 0.351 e. The summed E-state index contributed by atoms with van der Waals surface area (Å²) in [5.41, 5.74) is 1.46. The Balaban J connectivity index is 2.52. The second-order valence-electron chi connectivity index (χ2n) is 4.98. The van der Waals surface area contributed by atoms with Crippen LogP contribution in [0.2, 0.25) is 0 Å². The van der Waals surface area contributed by atoms with E-state index >= 15 is 0 Å². The van der Waals surface area contributed by atoms with Crippen molar-refractivity contribution in [3.8, 4) is 0 Å². The lowest BCUT2D eigenvalue weighted by molar-refractivity contribution is -0.137. The number of ether oxygens (including phenoxy) is 1. The Hall–Kier alpha value is -1.48. The SMILES string of the molecule is C[C@@]1(O)[C@@H](O)[C@](C)(n2ccc(N)nc2=O)O[C@@H]1CO. The van der Waals surface area contributed by atoms with Crippen molar-refractivity contribution in [1.82, 2.24) is 9.55 Å². The van der Waals surface area contributed by atoms with Crippen LogP contribution in [0, 0.1) is 0 Å². The maximum absolute atomic E-state index is 11.8. The van der Waals surface area contributed by atoms with Crippen LogP contribution in [0.1, 0.15) is 13.8 Å². The van der Waals surface area contributed by atoms with E-state index in [0.717, 1.165) is 4.57 Å². The van der Waals surface area contributed by atoms with Gasteiger partial charge >= 0.3 is 5.69 Å². The molecule has 8 nitrogen and oxygen atoms in total. The van der Waals surface area contributed by atoms with Gasteiger partial charge in [0.2, 0.25) is 0 Å². The molecule has 0 bridgehead atoms. The van der Waals surface area contributed by atoms with Gasteiger partial charge in [-0.15, -0.1) is 0 Å². The second kappa shape index (κ2) is 4.27. The molecule has 0 spiro atoms. The van der Waals surface area contributed by atoms with Crippen LogP contribution in [0.5, 0.6) is 0 Å². The monoisotopic (exact) mass is 271 g/mol. The smallest absolute Gasteiger partial charge is 0.351 e. The molecule has 8 heteroatoms. The summed E-state index contributed by atoms with van der Waals surface area (Å²) in [6.45, 7) is 2.28. The molecule has 4 atom stereocenters. The van der Waals surface area contributed by atoms with E-state index in [1.54, 1.807) is 0 Å². The van der Waals surface area contributed by atoms with Gasteiger partial charge in [-0.3, -0.25) is 4.57 Å². The molecule has 2 rings (SSSR count). The van der Waals surface area contributed by atoms with Crippen LogP contribution in [0.3, 0.4) is 0 Å². The van der Waals surface area contributed by atoms with E-state index in [1.807, 2.05) is 0 Å². The molecule has 106 valence electrons. The van der Waals surface area contributed by atoms with E-state index in [2.05, 4.69) is 4.98 Å². The third kappa shape index (κ3) is 1.93. The molecule has 19 heavy (non-hydrogen) atoms. The molecule has 1 aliphatic rings. The first-order chi connectivity index (χ1) is 8.73. The topological polar surface area (TPSA) is 131 Å². The summed E-state index contributed by atoms with van der Waals surface area (Å²) in [4.78, 5) is 15.4. The third-order valence-electron chi connectivity index (χ3n) is 3.56. The molecule has 0 radical (unpaired) electrons. The lowest BCUT2D eigenvalue weighted by atomic mass is 9.91. The number of aliphatic hydroxyl groups is 3. The molecule has 0 aliphatic carbocycles. The predicted octanol–water partition coefficient (Wildman–Crippen LogP) is -2.00. The third-order valence-corrected chi connectivity index (χ3v) is 3.56. The molecule has 0 unspecified atom stereocenters. The summed E-state index contributed by atoms with van der Waals surface area (Å²) < 4.78 is 6.50. The van der Waals surface area contributed by atoms with E-state index < -0.39 is 35.8 Å². The summed E-state index contributed by atoms with van der Waals surface area (Å²) >= 11 is 0. The Labute approximate surface area is 109 Å². The lowest BCUT2D eigenvalue weighted by Crippen LogP contribution is -2.52. The largest absolute Gasteiger partial charge is 0.394 e. The molecule has 0 aromatic carbocycles. The average Bonchev–Trinajstić information content (AvgIpc) is 2.50. The molecule has 0 amide bonds. The van der Waals surface area contributed by atoms with Crippen molar-refractivity contribution < 1.29 is 20.1 Å². The van der Waals surface area contributed by atoms with Gasteiger partial charge in [0.1, 0.15) is 23.6 Å². The summed E-state index contributed by atoms with van der Waals surface area (Å²) in [5, 5.41) is 29.6. The number of aromatic nitrogens is 2. The number of nitrogens with two attached hydrogens (primary N) is 1. The predicted molar refractivity (Wildman–Crippen MR) is 65.1 cm³/mol. The van der Waals surface area contributed by atoms with Gasteiger partial charge in [-0.05, 0) is 19.9 Å². The lowest BCUT2D eigenvalue weighted by Gasteiger charge is -2.31. The first-order valence-corrected chi connectivity index (χ1v) is 5.78. The van der Waals surface area contributed by atoms with Crippen molar-refractivity contribution in [3.63, 3.8) is 0 Å². The van der Waals surface area contributed by atoms with Gasteiger partial charge in [0.25, 0.3) is 0 Å². The van der Waals surface area contributed by atoms with Gasteiger partial charge in [0.05, 0.1) is 6.61 Å². The molecule has 2 heterocycles. The van der Waals surface area contributed by atoms with Crippen LogP contribution >= 0.6 is 0 Å². The quantitative estimate of drug-likeness (QED) is 0.489. The Morgan fingerprint density at radius 1 is 1.58 bits per heavy atom. The molecule has 1 saturated heterocycles. The molecule has 1 aromatic rings. The van der Waals surface area contributed by atoms with Crippen molar-refractivity contribution in [2.45, 2.75) is 37.4 Å². The standard InChI is InChI=1S/C11H17N3O5/c1-10(18)6(5-15)19-11(2,8(10)16)14-4-3-7(12)13-9(14)17/h3-4,6,8,15-16,18H,5H2,1-2H3,(H2,12,13,17)/t6-,8-,10+,11-/m1/s1. The fourth-order valence-corrected chi connectivity index (χ4v) is 2.35. The van der Waals surface area contributed by atoms with Gasteiger partial charge < -0.3 is 25.8 Å². The van der Waals surface area contributed by atoms with Crippen LogP contribution in [0.4, 0.5) is 5.82 Å². The van der Waals surface area contributed by atoms with Crippen molar-refractivity contribution in [3.05, 3.63) is 22.7 Å². The highest BCUT2D eigenvalue weighted by Crippen LogP contribution is 2.40. The number of nitrogen functional groups attached to an aromatic ring is 1. The fraction of sp³-hybridized carbons (Fsp3) is 0.636. The van der Waals surface area contributed by atoms with Crippen LogP contribution in [0.25, 0.3) is 0 Å². The first-order valence-electron chi connectivity index (χ1n) is 5.78. The second-order valence-corrected chi connectivity index (χ2v) is 4.98. The Morgan fingerprint density at radius 2 is 2.21 bits per heavy atom. The van der Waals surface area contributed by atoms with E-state index in [-0.39, 0.29) is 5.82 Å². The Morgan fingerprint density at radius 3 is 2.68 bits per heavy atom. The van der Waals surface area contributed by atoms with E-state index in [0.29, 0.717) is 0 Å². The van der Waals surface area contributed by atoms with Crippen molar-refractivity contribution in [2.75, 3.05) is 12.3 Å². The highest BCUT2D eigenvalue weighted by atomic mass is 16.6. The van der Waals surface area contributed by atoms with Gasteiger partial charge in [-0.1, -0.05) is 0 Å². The normalized spacial score (nSPS) is 38.6. The highest BCUT2D eigenvalue weighted by molar-refractivity contribution is 5.24. The fourth-order valence-electron chi connectivity index (χ4n) is 2.35. The number of aliphatic hydroxyl groups excluding tert-OH is 2. The first kappa shape index (κ1) is 13.9. The number of rotatable bonds is 2. The number of anilines is 1. The zero-order valence-corrected chi connectivity index (χ0v) is 10.6. The zero-order valence-electron chi connectivity index (χ0n) is 10.6. The molecule has 0 saturated carbocycles. The van der Waals surface area contributed by atoms with Crippen LogP contribution in [-0.2, 0) is 10.5 Å². The van der Waals surface area contributed by atoms with Crippen molar-refractivity contribution in [2.24, 2.45) is 0 Å². The van der Waals surface area contributed by atoms with E-state index in [9.17, 15) is 20.1 Å². The highest BCUT2D eigenvalue weighted by Gasteiger charge is 2.59. The van der Waals surface area contributed by atoms with E-state index in [1.165, 1.54) is 26.1 Å². The Bertz CT molecular complexity index is 543. The van der Waals surface area contributed by atoms with Gasteiger partial charge in [-0.2, -0.15) is 4.98 Å². The van der Waals surface area contributed by atoms with Gasteiger partial charge in [0.15, 0.2) is 5.72 Å². The molecular weight excluding hydrogens is 254 g/mol. The van der Waals surface area contributed by atoms with Crippen molar-refractivity contribution >= 4 is 5.82 Å². The minimum absolute atomic E-state index is 0.0443. The number of hydrogen-bond acceptors (Lipinski definition) is 7. The molecule has 1 fully saturated rings. The van der Waals surface area contributed by atoms with Crippen molar-refractivity contribution in [1.29, 1.82) is 0 Å². The van der Waals surface area contributed by atoms with E-state index in [4.69, 9.17) is 10.5 Å². The average molecular weight is 271 g/mol. The summed E-state index contributed by atoms with van der Waals surface area (Å²) in [6, 6.07) is 1.38. The summed E-state index contributed by atoms with van der Waals surface area (Å²) in [5.74, 6) is 0.0443. The van der Waals surface area contributed by atoms with Crippen LogP contribution in [0.15, 0.2) is 17.1 Å². The number of hydrogen-bond donors (Lipinski definition) is 4. The molecule has 5 N–H and O–H groups in total.